The fraction of sp³-hybridized carbons (Fsp3) is 0.294. The van der Waals surface area contributed by atoms with Gasteiger partial charge in [-0.15, -0.1) is 0 Å². The molecule has 0 bridgehead atoms. The van der Waals surface area contributed by atoms with E-state index in [0.29, 0.717) is 21.3 Å². The summed E-state index contributed by atoms with van der Waals surface area (Å²) in [5.41, 5.74) is 2.06. The first-order chi connectivity index (χ1) is 12.5. The third kappa shape index (κ3) is 3.76. The molecule has 136 valence electrons. The highest BCUT2D eigenvalue weighted by molar-refractivity contribution is 7.71. The zero-order valence-electron chi connectivity index (χ0n) is 14.4. The number of benzene rings is 1. The average Bonchev–Trinajstić information content (AvgIpc) is 3.11. The third-order valence-corrected chi connectivity index (χ3v) is 4.53. The Bertz CT molecular complexity index is 1000. The molecule has 0 aliphatic rings. The monoisotopic (exact) mass is 392 g/mol. The van der Waals surface area contributed by atoms with Crippen LogP contribution in [0, 0.1) is 17.5 Å². The van der Waals surface area contributed by atoms with Crippen molar-refractivity contribution in [2.24, 2.45) is 5.10 Å². The van der Waals surface area contributed by atoms with Crippen LogP contribution in [0.5, 0.6) is 0 Å². The molecule has 3 rings (SSSR count). The predicted molar refractivity (Wildman–Crippen MR) is 103 cm³/mol. The summed E-state index contributed by atoms with van der Waals surface area (Å²) < 4.78 is 17.0. The van der Waals surface area contributed by atoms with Gasteiger partial charge in [0.2, 0.25) is 4.77 Å². The average molecular weight is 393 g/mol. The Morgan fingerprint density at radius 1 is 1.42 bits per heavy atom. The van der Waals surface area contributed by atoms with Gasteiger partial charge in [0.1, 0.15) is 11.0 Å². The van der Waals surface area contributed by atoms with Crippen molar-refractivity contribution >= 4 is 30.0 Å². The van der Waals surface area contributed by atoms with E-state index in [4.69, 9.17) is 23.8 Å². The second-order valence-electron chi connectivity index (χ2n) is 5.79. The molecule has 9 heteroatoms. The van der Waals surface area contributed by atoms with Crippen molar-refractivity contribution in [3.05, 3.63) is 51.3 Å². The van der Waals surface area contributed by atoms with Gasteiger partial charge in [-0.1, -0.05) is 37.1 Å². The summed E-state index contributed by atoms with van der Waals surface area (Å²) in [6.45, 7) is 4.74. The summed E-state index contributed by atoms with van der Waals surface area (Å²) >= 11 is 11.7. The number of H-pyrrole nitrogens is 1. The molecular formula is C17H18ClFN6S. The highest BCUT2D eigenvalue weighted by Gasteiger charge is 2.13. The van der Waals surface area contributed by atoms with Crippen LogP contribution < -0.4 is 0 Å². The molecule has 0 radical (unpaired) electrons. The summed E-state index contributed by atoms with van der Waals surface area (Å²) in [6.07, 6.45) is 3.65. The van der Waals surface area contributed by atoms with Crippen LogP contribution in [-0.4, -0.2) is 30.9 Å². The molecule has 0 fully saturated rings. The molecule has 2 aromatic heterocycles. The minimum atomic E-state index is -0.358. The molecule has 1 aromatic carbocycles. The van der Waals surface area contributed by atoms with E-state index in [2.05, 4.69) is 27.3 Å². The number of nitrogens with zero attached hydrogens (tertiary/aromatic N) is 5. The molecule has 0 amide bonds. The van der Waals surface area contributed by atoms with E-state index in [1.165, 1.54) is 16.8 Å². The topological polar surface area (TPSA) is 63.8 Å². The van der Waals surface area contributed by atoms with Crippen molar-refractivity contribution in [1.29, 1.82) is 0 Å². The van der Waals surface area contributed by atoms with Crippen LogP contribution in [0.2, 0.25) is 5.15 Å². The van der Waals surface area contributed by atoms with Gasteiger partial charge in [-0.05, 0) is 37.7 Å². The lowest BCUT2D eigenvalue weighted by atomic mass is 10.2. The SMILES string of the molecule is CCCCn1nc(C)c(C=Nn2c(-c3cccc(F)c3)n[nH]c2=S)c1Cl. The van der Waals surface area contributed by atoms with E-state index in [0.717, 1.165) is 30.6 Å². The van der Waals surface area contributed by atoms with Gasteiger partial charge in [-0.2, -0.15) is 20.0 Å². The summed E-state index contributed by atoms with van der Waals surface area (Å²) in [5, 5.41) is 16.2. The number of hydrogen-bond donors (Lipinski definition) is 1. The quantitative estimate of drug-likeness (QED) is 0.493. The number of aryl methyl sites for hydroxylation is 2. The van der Waals surface area contributed by atoms with Crippen LogP contribution in [0.3, 0.4) is 0 Å². The lowest BCUT2D eigenvalue weighted by Gasteiger charge is -2.02. The zero-order chi connectivity index (χ0) is 18.7. The van der Waals surface area contributed by atoms with Gasteiger partial charge < -0.3 is 0 Å². The third-order valence-electron chi connectivity index (χ3n) is 3.87. The lowest BCUT2D eigenvalue weighted by molar-refractivity contribution is 0.569. The fourth-order valence-corrected chi connectivity index (χ4v) is 2.99. The van der Waals surface area contributed by atoms with Crippen molar-refractivity contribution < 1.29 is 4.39 Å². The Morgan fingerprint density at radius 2 is 2.23 bits per heavy atom. The molecule has 0 aliphatic heterocycles. The van der Waals surface area contributed by atoms with E-state index in [-0.39, 0.29) is 5.82 Å². The highest BCUT2D eigenvalue weighted by Crippen LogP contribution is 2.20. The molecular weight excluding hydrogens is 375 g/mol. The Kier molecular flexibility index (Phi) is 5.63. The maximum atomic E-state index is 13.5. The summed E-state index contributed by atoms with van der Waals surface area (Å²) in [5.74, 6) is 0.0564. The molecule has 0 saturated heterocycles. The molecule has 0 unspecified atom stereocenters. The van der Waals surface area contributed by atoms with E-state index in [9.17, 15) is 4.39 Å². The Labute approximate surface area is 160 Å². The summed E-state index contributed by atoms with van der Waals surface area (Å²) in [7, 11) is 0. The maximum absolute atomic E-state index is 13.5. The maximum Gasteiger partial charge on any atom is 0.216 e. The van der Waals surface area contributed by atoms with Gasteiger partial charge >= 0.3 is 0 Å². The predicted octanol–water partition coefficient (Wildman–Crippen LogP) is 4.59. The minimum Gasteiger partial charge on any atom is -0.253 e. The normalized spacial score (nSPS) is 11.5. The molecule has 0 atom stereocenters. The zero-order valence-corrected chi connectivity index (χ0v) is 16.0. The molecule has 6 nitrogen and oxygen atoms in total. The first kappa shape index (κ1) is 18.5. The minimum absolute atomic E-state index is 0.299. The van der Waals surface area contributed by atoms with Crippen LogP contribution >= 0.6 is 23.8 Å². The first-order valence-corrected chi connectivity index (χ1v) is 9.00. The molecule has 3 aromatic rings. The number of aromatic amines is 1. The Morgan fingerprint density at radius 3 is 2.96 bits per heavy atom. The van der Waals surface area contributed by atoms with Crippen molar-refractivity contribution in [2.45, 2.75) is 33.2 Å². The molecule has 0 aliphatic carbocycles. The van der Waals surface area contributed by atoms with Crippen LogP contribution in [0.15, 0.2) is 29.4 Å². The van der Waals surface area contributed by atoms with Gasteiger partial charge in [-0.25, -0.2) is 9.49 Å². The number of halogens is 2. The number of unbranched alkanes of at least 4 members (excludes halogenated alkanes) is 1. The van der Waals surface area contributed by atoms with E-state index >= 15 is 0 Å². The number of nitrogens with one attached hydrogen (secondary N) is 1. The van der Waals surface area contributed by atoms with Crippen molar-refractivity contribution in [1.82, 2.24) is 24.7 Å². The second-order valence-corrected chi connectivity index (χ2v) is 6.53. The smallest absolute Gasteiger partial charge is 0.216 e. The summed E-state index contributed by atoms with van der Waals surface area (Å²) in [4.78, 5) is 0. The van der Waals surface area contributed by atoms with Gasteiger partial charge in [0.05, 0.1) is 17.5 Å². The number of hydrogen-bond acceptors (Lipinski definition) is 4. The van der Waals surface area contributed by atoms with Gasteiger partial charge in [0.25, 0.3) is 0 Å². The molecule has 26 heavy (non-hydrogen) atoms. The van der Waals surface area contributed by atoms with Crippen molar-refractivity contribution in [3.8, 4) is 11.4 Å². The number of aromatic nitrogens is 5. The van der Waals surface area contributed by atoms with Crippen LogP contribution in [0.4, 0.5) is 4.39 Å². The Hall–Kier alpha value is -2.32. The highest BCUT2D eigenvalue weighted by atomic mass is 35.5. The van der Waals surface area contributed by atoms with Crippen molar-refractivity contribution in [3.63, 3.8) is 0 Å². The second kappa shape index (κ2) is 7.92. The standard InChI is InChI=1S/C17H18ClFN6S/c1-3-4-8-24-15(18)14(11(2)23-24)10-20-25-16(21-22-17(25)26)12-6-5-7-13(19)9-12/h5-7,9-10H,3-4,8H2,1-2H3,(H,22,26). The first-order valence-electron chi connectivity index (χ1n) is 8.22. The Balaban J connectivity index is 1.97. The molecule has 0 saturated carbocycles. The van der Waals surface area contributed by atoms with Crippen LogP contribution in [-0.2, 0) is 6.54 Å². The summed E-state index contributed by atoms with van der Waals surface area (Å²) in [6, 6.07) is 6.08. The van der Waals surface area contributed by atoms with E-state index < -0.39 is 0 Å². The van der Waals surface area contributed by atoms with Gasteiger partial charge in [0, 0.05) is 12.1 Å². The van der Waals surface area contributed by atoms with Gasteiger partial charge in [0.15, 0.2) is 5.82 Å². The largest absolute Gasteiger partial charge is 0.253 e. The van der Waals surface area contributed by atoms with Crippen molar-refractivity contribution in [2.75, 3.05) is 0 Å². The van der Waals surface area contributed by atoms with E-state index in [1.807, 2.05) is 6.92 Å². The van der Waals surface area contributed by atoms with E-state index in [1.54, 1.807) is 23.0 Å². The van der Waals surface area contributed by atoms with Crippen LogP contribution in [0.1, 0.15) is 31.0 Å². The fourth-order valence-electron chi connectivity index (χ4n) is 2.50. The molecule has 2 heterocycles. The molecule has 1 N–H and O–H groups in total. The number of rotatable bonds is 6. The molecule has 0 spiro atoms. The van der Waals surface area contributed by atoms with Crippen LogP contribution in [0.25, 0.3) is 11.4 Å². The van der Waals surface area contributed by atoms with Gasteiger partial charge in [-0.3, -0.25) is 4.68 Å². The lowest BCUT2D eigenvalue weighted by Crippen LogP contribution is -2.00.